The normalized spacial score (nSPS) is 17.1. The van der Waals surface area contributed by atoms with Gasteiger partial charge in [0.15, 0.2) is 0 Å². The van der Waals surface area contributed by atoms with Crippen molar-refractivity contribution in [2.45, 2.75) is 51.4 Å². The molecule has 0 unspecified atom stereocenters. The zero-order chi connectivity index (χ0) is 18.6. The van der Waals surface area contributed by atoms with Crippen molar-refractivity contribution in [1.29, 1.82) is 0 Å². The second-order valence-corrected chi connectivity index (χ2v) is 8.64. The third kappa shape index (κ3) is 4.24. The van der Waals surface area contributed by atoms with Crippen molar-refractivity contribution in [1.82, 2.24) is 4.90 Å². The maximum absolute atomic E-state index is 12.7. The maximum atomic E-state index is 12.7. The molecule has 2 aliphatic rings. The van der Waals surface area contributed by atoms with Crippen molar-refractivity contribution < 1.29 is 9.59 Å². The van der Waals surface area contributed by atoms with E-state index in [1.165, 1.54) is 36.1 Å². The van der Waals surface area contributed by atoms with Crippen LogP contribution in [-0.4, -0.2) is 29.8 Å². The van der Waals surface area contributed by atoms with Gasteiger partial charge in [0.1, 0.15) is 0 Å². The average Bonchev–Trinajstić information content (AvgIpc) is 2.99. The molecule has 1 N–H and O–H groups in total. The average molecular weight is 383 g/mol. The molecular weight excluding hydrogens is 356 g/mol. The van der Waals surface area contributed by atoms with E-state index in [0.29, 0.717) is 11.3 Å². The number of nitrogens with one attached hydrogen (secondary N) is 1. The van der Waals surface area contributed by atoms with Gasteiger partial charge in [-0.1, -0.05) is 12.5 Å². The number of amides is 2. The standard InChI is InChI=1S/C22H26N2O2S/c25-21(20-15-16-8-3-1-4-11-19(16)27-20)23-18-10-7-9-17(14-18)22(26)24-12-5-2-6-13-24/h7,9-10,14-15H,1-6,8,11-13H2,(H,23,25). The first-order chi connectivity index (χ1) is 13.2. The molecule has 1 aliphatic carbocycles. The number of hydrogen-bond donors (Lipinski definition) is 1. The van der Waals surface area contributed by atoms with Gasteiger partial charge in [-0.15, -0.1) is 11.3 Å². The number of rotatable bonds is 3. The number of likely N-dealkylation sites (tertiary alicyclic amines) is 1. The molecule has 1 fully saturated rings. The Bertz CT molecular complexity index is 813. The van der Waals surface area contributed by atoms with Crippen molar-refractivity contribution >= 4 is 28.8 Å². The molecule has 4 nitrogen and oxygen atoms in total. The van der Waals surface area contributed by atoms with E-state index < -0.39 is 0 Å². The number of hydrogen-bond acceptors (Lipinski definition) is 3. The number of carbonyl (C=O) groups excluding carboxylic acids is 2. The van der Waals surface area contributed by atoms with Crippen LogP contribution in [0, 0.1) is 0 Å². The molecule has 1 aromatic heterocycles. The van der Waals surface area contributed by atoms with Crippen molar-refractivity contribution in [3.05, 3.63) is 51.2 Å². The van der Waals surface area contributed by atoms with Crippen LogP contribution in [0.5, 0.6) is 0 Å². The molecular formula is C22H26N2O2S. The molecule has 0 spiro atoms. The monoisotopic (exact) mass is 382 g/mol. The number of aryl methyl sites for hydroxylation is 2. The van der Waals surface area contributed by atoms with E-state index in [0.717, 1.165) is 43.6 Å². The second-order valence-electron chi connectivity index (χ2n) is 7.51. The van der Waals surface area contributed by atoms with E-state index in [2.05, 4.69) is 11.4 Å². The predicted octanol–water partition coefficient (Wildman–Crippen LogP) is 4.90. The van der Waals surface area contributed by atoms with E-state index in [1.54, 1.807) is 17.4 Å². The molecule has 2 aromatic rings. The lowest BCUT2D eigenvalue weighted by Gasteiger charge is -2.26. The molecule has 4 rings (SSSR count). The number of nitrogens with zero attached hydrogens (tertiary/aromatic N) is 1. The van der Waals surface area contributed by atoms with Crippen molar-refractivity contribution in [2.75, 3.05) is 18.4 Å². The summed E-state index contributed by atoms with van der Waals surface area (Å²) in [6.07, 6.45) is 9.23. The minimum absolute atomic E-state index is 0.0636. The van der Waals surface area contributed by atoms with Crippen LogP contribution in [0.25, 0.3) is 0 Å². The van der Waals surface area contributed by atoms with Crippen LogP contribution in [0.15, 0.2) is 30.3 Å². The van der Waals surface area contributed by atoms with E-state index in [-0.39, 0.29) is 11.8 Å². The van der Waals surface area contributed by atoms with Gasteiger partial charge in [-0.05, 0) is 74.8 Å². The highest BCUT2D eigenvalue weighted by Crippen LogP contribution is 2.29. The molecule has 27 heavy (non-hydrogen) atoms. The highest BCUT2D eigenvalue weighted by atomic mass is 32.1. The Labute approximate surface area is 164 Å². The van der Waals surface area contributed by atoms with E-state index in [4.69, 9.17) is 0 Å². The topological polar surface area (TPSA) is 49.4 Å². The lowest BCUT2D eigenvalue weighted by molar-refractivity contribution is 0.0724. The third-order valence-corrected chi connectivity index (χ3v) is 6.72. The number of piperidine rings is 1. The minimum Gasteiger partial charge on any atom is -0.339 e. The highest BCUT2D eigenvalue weighted by molar-refractivity contribution is 7.14. The fraction of sp³-hybridized carbons (Fsp3) is 0.455. The summed E-state index contributed by atoms with van der Waals surface area (Å²) in [7, 11) is 0. The Balaban J connectivity index is 1.46. The smallest absolute Gasteiger partial charge is 0.265 e. The van der Waals surface area contributed by atoms with E-state index in [1.807, 2.05) is 23.1 Å². The first kappa shape index (κ1) is 18.2. The number of anilines is 1. The molecule has 0 atom stereocenters. The Morgan fingerprint density at radius 2 is 1.70 bits per heavy atom. The Kier molecular flexibility index (Phi) is 5.58. The summed E-state index contributed by atoms with van der Waals surface area (Å²) in [5.74, 6) is -0.00992. The van der Waals surface area contributed by atoms with Crippen LogP contribution >= 0.6 is 11.3 Å². The molecule has 0 bridgehead atoms. The van der Waals surface area contributed by atoms with E-state index >= 15 is 0 Å². The Morgan fingerprint density at radius 1 is 0.926 bits per heavy atom. The predicted molar refractivity (Wildman–Crippen MR) is 110 cm³/mol. The van der Waals surface area contributed by atoms with Gasteiger partial charge in [-0.25, -0.2) is 0 Å². The van der Waals surface area contributed by atoms with Crippen LogP contribution < -0.4 is 5.32 Å². The number of thiophene rings is 1. The van der Waals surface area contributed by atoms with Gasteiger partial charge in [0, 0.05) is 29.2 Å². The first-order valence-electron chi connectivity index (χ1n) is 10.0. The third-order valence-electron chi connectivity index (χ3n) is 5.48. The molecule has 1 aromatic carbocycles. The van der Waals surface area contributed by atoms with Crippen LogP contribution in [0.1, 0.15) is 69.0 Å². The Morgan fingerprint density at radius 3 is 2.56 bits per heavy atom. The lowest BCUT2D eigenvalue weighted by Crippen LogP contribution is -2.35. The van der Waals surface area contributed by atoms with Gasteiger partial charge >= 0.3 is 0 Å². The van der Waals surface area contributed by atoms with Crippen LogP contribution in [-0.2, 0) is 12.8 Å². The molecule has 1 saturated heterocycles. The largest absolute Gasteiger partial charge is 0.339 e. The van der Waals surface area contributed by atoms with Gasteiger partial charge < -0.3 is 10.2 Å². The van der Waals surface area contributed by atoms with Gasteiger partial charge in [0.05, 0.1) is 4.88 Å². The van der Waals surface area contributed by atoms with Crippen LogP contribution in [0.3, 0.4) is 0 Å². The van der Waals surface area contributed by atoms with Crippen molar-refractivity contribution in [3.8, 4) is 0 Å². The first-order valence-corrected chi connectivity index (χ1v) is 10.8. The zero-order valence-corrected chi connectivity index (χ0v) is 16.4. The number of fused-ring (bicyclic) bond motifs is 1. The highest BCUT2D eigenvalue weighted by Gasteiger charge is 2.19. The lowest BCUT2D eigenvalue weighted by atomic mass is 10.1. The fourth-order valence-corrected chi connectivity index (χ4v) is 5.13. The molecule has 5 heteroatoms. The summed E-state index contributed by atoms with van der Waals surface area (Å²) in [6.45, 7) is 1.66. The molecule has 0 radical (unpaired) electrons. The zero-order valence-electron chi connectivity index (χ0n) is 15.6. The summed E-state index contributed by atoms with van der Waals surface area (Å²) < 4.78 is 0. The van der Waals surface area contributed by atoms with Gasteiger partial charge in [-0.2, -0.15) is 0 Å². The van der Waals surface area contributed by atoms with Gasteiger partial charge in [0.2, 0.25) is 0 Å². The van der Waals surface area contributed by atoms with Crippen LogP contribution in [0.4, 0.5) is 5.69 Å². The van der Waals surface area contributed by atoms with Gasteiger partial charge in [-0.3, -0.25) is 9.59 Å². The molecule has 2 amide bonds. The van der Waals surface area contributed by atoms with Crippen molar-refractivity contribution in [3.63, 3.8) is 0 Å². The van der Waals surface area contributed by atoms with Crippen LogP contribution in [0.2, 0.25) is 0 Å². The second kappa shape index (κ2) is 8.26. The summed E-state index contributed by atoms with van der Waals surface area (Å²) in [5.41, 5.74) is 2.68. The number of carbonyl (C=O) groups is 2. The van der Waals surface area contributed by atoms with Gasteiger partial charge in [0.25, 0.3) is 11.8 Å². The fourth-order valence-electron chi connectivity index (χ4n) is 3.98. The molecule has 1 aliphatic heterocycles. The molecule has 142 valence electrons. The SMILES string of the molecule is O=C(Nc1cccc(C(=O)N2CCCCC2)c1)c1cc2c(s1)CCCCC2. The maximum Gasteiger partial charge on any atom is 0.265 e. The summed E-state index contributed by atoms with van der Waals surface area (Å²) >= 11 is 1.62. The minimum atomic E-state index is -0.0735. The molecule has 0 saturated carbocycles. The number of benzene rings is 1. The van der Waals surface area contributed by atoms with Crippen molar-refractivity contribution in [2.24, 2.45) is 0 Å². The summed E-state index contributed by atoms with van der Waals surface area (Å²) in [5, 5.41) is 2.98. The summed E-state index contributed by atoms with van der Waals surface area (Å²) in [4.78, 5) is 29.5. The summed E-state index contributed by atoms with van der Waals surface area (Å²) in [6, 6.07) is 9.39. The van der Waals surface area contributed by atoms with E-state index in [9.17, 15) is 9.59 Å². The quantitative estimate of drug-likeness (QED) is 0.768. The Hall–Kier alpha value is -2.14. The molecule has 2 heterocycles.